The van der Waals surface area contributed by atoms with Crippen molar-refractivity contribution < 1.29 is 26.4 Å². The number of alkyl halides is 3. The fraction of sp³-hybridized carbons (Fsp3) is 0.278. The number of carbonyl (C=O) groups is 1. The summed E-state index contributed by atoms with van der Waals surface area (Å²) in [6.07, 6.45) is -3.67. The van der Waals surface area contributed by atoms with Gasteiger partial charge < -0.3 is 5.32 Å². The average Bonchev–Trinajstić information content (AvgIpc) is 2.55. The van der Waals surface area contributed by atoms with Crippen molar-refractivity contribution in [2.75, 3.05) is 22.4 Å². The predicted molar refractivity (Wildman–Crippen MR) is 103 cm³/mol. The van der Waals surface area contributed by atoms with Crippen molar-refractivity contribution in [3.63, 3.8) is 0 Å². The fourth-order valence-electron chi connectivity index (χ4n) is 2.50. The van der Waals surface area contributed by atoms with Gasteiger partial charge in [0.1, 0.15) is 6.54 Å². The lowest BCUT2D eigenvalue weighted by molar-refractivity contribution is -0.137. The van der Waals surface area contributed by atoms with E-state index in [-0.39, 0.29) is 10.7 Å². The highest BCUT2D eigenvalue weighted by Gasteiger charge is 2.31. The summed E-state index contributed by atoms with van der Waals surface area (Å²) in [5, 5.41) is 2.15. The number of anilines is 2. The Labute approximate surface area is 166 Å². The third-order valence-electron chi connectivity index (χ3n) is 4.10. The summed E-state index contributed by atoms with van der Waals surface area (Å²) in [4.78, 5) is 12.4. The van der Waals surface area contributed by atoms with Crippen LogP contribution in [0.3, 0.4) is 0 Å². The van der Waals surface area contributed by atoms with Crippen molar-refractivity contribution in [2.24, 2.45) is 0 Å². The van der Waals surface area contributed by atoms with Crippen LogP contribution in [-0.4, -0.2) is 27.1 Å². The summed E-state index contributed by atoms with van der Waals surface area (Å²) in [7, 11) is -3.83. The Morgan fingerprint density at radius 2 is 1.82 bits per heavy atom. The van der Waals surface area contributed by atoms with Crippen LogP contribution in [-0.2, 0) is 21.0 Å². The molecular weight excluding hydrogens is 417 g/mol. The van der Waals surface area contributed by atoms with Gasteiger partial charge in [-0.1, -0.05) is 23.7 Å². The highest BCUT2D eigenvalue weighted by atomic mass is 35.5. The molecule has 0 radical (unpaired) electrons. The highest BCUT2D eigenvalue weighted by molar-refractivity contribution is 7.92. The number of nitrogens with one attached hydrogen (secondary N) is 1. The van der Waals surface area contributed by atoms with Gasteiger partial charge in [0.2, 0.25) is 15.9 Å². The maximum atomic E-state index is 12.9. The zero-order chi connectivity index (χ0) is 21.3. The number of hydrogen-bond acceptors (Lipinski definition) is 3. The second-order valence-corrected chi connectivity index (χ2v) is 8.54. The standard InChI is InChI=1S/C18H18ClF3N2O3S/c1-11-5-4-6-16(12(11)2)24(28(3,26)27)10-17(25)23-15-9-13(18(20,21)22)7-8-14(15)19/h4-9H,10H2,1-3H3,(H,23,25). The van der Waals surface area contributed by atoms with Gasteiger partial charge in [0, 0.05) is 0 Å². The largest absolute Gasteiger partial charge is 0.416 e. The second kappa shape index (κ2) is 8.00. The molecule has 0 unspecified atom stereocenters. The average molecular weight is 435 g/mol. The van der Waals surface area contributed by atoms with Gasteiger partial charge in [0.15, 0.2) is 0 Å². The molecular formula is C18H18ClF3N2O3S. The summed E-state index contributed by atoms with van der Waals surface area (Å²) < 4.78 is 63.9. The molecule has 152 valence electrons. The maximum Gasteiger partial charge on any atom is 0.416 e. The van der Waals surface area contributed by atoms with E-state index in [2.05, 4.69) is 5.32 Å². The van der Waals surface area contributed by atoms with E-state index in [9.17, 15) is 26.4 Å². The summed E-state index contributed by atoms with van der Waals surface area (Å²) >= 11 is 5.87. The molecule has 0 aliphatic heterocycles. The molecule has 2 rings (SSSR count). The lowest BCUT2D eigenvalue weighted by Gasteiger charge is -2.24. The van der Waals surface area contributed by atoms with Gasteiger partial charge in [-0.05, 0) is 49.2 Å². The Morgan fingerprint density at radius 3 is 2.39 bits per heavy atom. The van der Waals surface area contributed by atoms with E-state index in [0.717, 1.165) is 28.3 Å². The first-order chi connectivity index (χ1) is 12.8. The Hall–Kier alpha value is -2.26. The predicted octanol–water partition coefficient (Wildman–Crippen LogP) is 4.38. The molecule has 0 atom stereocenters. The summed E-state index contributed by atoms with van der Waals surface area (Å²) in [5.41, 5.74) is 0.565. The van der Waals surface area contributed by atoms with E-state index < -0.39 is 34.2 Å². The molecule has 0 bridgehead atoms. The topological polar surface area (TPSA) is 66.5 Å². The van der Waals surface area contributed by atoms with Crippen LogP contribution in [0.5, 0.6) is 0 Å². The normalized spacial score (nSPS) is 12.0. The zero-order valence-corrected chi connectivity index (χ0v) is 16.8. The number of amides is 1. The minimum Gasteiger partial charge on any atom is -0.323 e. The van der Waals surface area contributed by atoms with Gasteiger partial charge in [-0.15, -0.1) is 0 Å². The molecule has 5 nitrogen and oxygen atoms in total. The van der Waals surface area contributed by atoms with E-state index in [1.54, 1.807) is 32.0 Å². The quantitative estimate of drug-likeness (QED) is 0.759. The molecule has 0 saturated heterocycles. The smallest absolute Gasteiger partial charge is 0.323 e. The van der Waals surface area contributed by atoms with Crippen molar-refractivity contribution in [1.29, 1.82) is 0 Å². The van der Waals surface area contributed by atoms with Crippen LogP contribution >= 0.6 is 11.6 Å². The van der Waals surface area contributed by atoms with Gasteiger partial charge in [0.25, 0.3) is 0 Å². The molecule has 2 aromatic rings. The molecule has 28 heavy (non-hydrogen) atoms. The van der Waals surface area contributed by atoms with E-state index in [1.807, 2.05) is 0 Å². The van der Waals surface area contributed by atoms with Crippen LogP contribution in [0.2, 0.25) is 5.02 Å². The first kappa shape index (κ1) is 22.0. The molecule has 0 saturated carbocycles. The summed E-state index contributed by atoms with van der Waals surface area (Å²) in [5.74, 6) is -0.826. The minimum atomic E-state index is -4.61. The summed E-state index contributed by atoms with van der Waals surface area (Å²) in [6.45, 7) is 2.89. The molecule has 0 aliphatic carbocycles. The minimum absolute atomic E-state index is 0.0982. The van der Waals surface area contributed by atoms with Gasteiger partial charge in [-0.25, -0.2) is 8.42 Å². The van der Waals surface area contributed by atoms with Crippen LogP contribution in [0.25, 0.3) is 0 Å². The molecule has 1 N–H and O–H groups in total. The number of benzene rings is 2. The molecule has 0 spiro atoms. The van der Waals surface area contributed by atoms with Crippen LogP contribution in [0.1, 0.15) is 16.7 Å². The van der Waals surface area contributed by atoms with Crippen LogP contribution in [0.4, 0.5) is 24.5 Å². The number of carbonyl (C=O) groups excluding carboxylic acids is 1. The van der Waals surface area contributed by atoms with Crippen LogP contribution in [0, 0.1) is 13.8 Å². The van der Waals surface area contributed by atoms with E-state index in [1.165, 1.54) is 0 Å². The third kappa shape index (κ3) is 5.17. The number of sulfonamides is 1. The van der Waals surface area contributed by atoms with E-state index in [0.29, 0.717) is 17.3 Å². The number of nitrogens with zero attached hydrogens (tertiary/aromatic N) is 1. The van der Waals surface area contributed by atoms with Crippen LogP contribution in [0.15, 0.2) is 36.4 Å². The van der Waals surface area contributed by atoms with E-state index >= 15 is 0 Å². The zero-order valence-electron chi connectivity index (χ0n) is 15.3. The van der Waals surface area contributed by atoms with Gasteiger partial charge in [-0.2, -0.15) is 13.2 Å². The number of rotatable bonds is 5. The molecule has 10 heteroatoms. The highest BCUT2D eigenvalue weighted by Crippen LogP contribution is 2.34. The number of aryl methyl sites for hydroxylation is 1. The second-order valence-electron chi connectivity index (χ2n) is 6.23. The lowest BCUT2D eigenvalue weighted by Crippen LogP contribution is -2.38. The van der Waals surface area contributed by atoms with Gasteiger partial charge in [-0.3, -0.25) is 9.10 Å². The van der Waals surface area contributed by atoms with E-state index in [4.69, 9.17) is 11.6 Å². The Morgan fingerprint density at radius 1 is 1.18 bits per heavy atom. The molecule has 0 aromatic heterocycles. The maximum absolute atomic E-state index is 12.9. The Balaban J connectivity index is 2.32. The first-order valence-electron chi connectivity index (χ1n) is 8.01. The van der Waals surface area contributed by atoms with Crippen LogP contribution < -0.4 is 9.62 Å². The Bertz CT molecular complexity index is 1010. The molecule has 0 fully saturated rings. The summed E-state index contributed by atoms with van der Waals surface area (Å²) in [6, 6.07) is 7.49. The van der Waals surface area contributed by atoms with Gasteiger partial charge >= 0.3 is 6.18 Å². The molecule has 2 aromatic carbocycles. The van der Waals surface area contributed by atoms with Gasteiger partial charge in [0.05, 0.1) is 28.2 Å². The number of hydrogen-bond donors (Lipinski definition) is 1. The molecule has 0 heterocycles. The van der Waals surface area contributed by atoms with Crippen molar-refractivity contribution in [2.45, 2.75) is 20.0 Å². The fourth-order valence-corrected chi connectivity index (χ4v) is 3.58. The lowest BCUT2D eigenvalue weighted by atomic mass is 10.1. The van der Waals surface area contributed by atoms with Crippen molar-refractivity contribution >= 4 is 38.9 Å². The van der Waals surface area contributed by atoms with Crippen molar-refractivity contribution in [3.8, 4) is 0 Å². The molecule has 1 amide bonds. The molecule has 0 aliphatic rings. The third-order valence-corrected chi connectivity index (χ3v) is 5.56. The SMILES string of the molecule is Cc1cccc(N(CC(=O)Nc2cc(C(F)(F)F)ccc2Cl)S(C)(=O)=O)c1C. The van der Waals surface area contributed by atoms with Crippen molar-refractivity contribution in [1.82, 2.24) is 0 Å². The Kier molecular flexibility index (Phi) is 6.30. The number of halogens is 4. The van der Waals surface area contributed by atoms with Crippen molar-refractivity contribution in [3.05, 3.63) is 58.1 Å². The first-order valence-corrected chi connectivity index (χ1v) is 10.2. The monoisotopic (exact) mass is 434 g/mol.